The maximum absolute atomic E-state index is 13.2. The molecule has 0 aliphatic heterocycles. The second-order valence-electron chi connectivity index (χ2n) is 9.34. The molecule has 6 rings (SSSR count). The number of benzene rings is 2. The Morgan fingerprint density at radius 1 is 1.12 bits per heavy atom. The molecule has 4 aromatic heterocycles. The number of rotatable bonds is 5. The molecule has 2 N–H and O–H groups in total. The smallest absolute Gasteiger partial charge is 0.320 e. The molecule has 0 radical (unpaired) electrons. The summed E-state index contributed by atoms with van der Waals surface area (Å²) in [6, 6.07) is 18.6. The first-order chi connectivity index (χ1) is 19.8. The van der Waals surface area contributed by atoms with Crippen molar-refractivity contribution in [3.05, 3.63) is 113 Å². The Balaban J connectivity index is 0.000000214. The number of nitrogens with zero attached hydrogens (tertiary/aromatic N) is 6. The number of anilines is 1. The third-order valence-electron chi connectivity index (χ3n) is 6.18. The zero-order valence-electron chi connectivity index (χ0n) is 23.0. The Morgan fingerprint density at radius 3 is 2.57 bits per heavy atom. The number of fused-ring (bicyclic) bond motifs is 1. The SMILES string of the molecule is CC(C)n1cc(-c2ccc(F)cc2)c(=O)c(C(=O)Nc2cc[c-]cn2)n1.Cn1ncc2c[c-]c(-c3cn[nH]c3)cc21.[U+2]. The normalized spacial score (nSPS) is 10.6. The summed E-state index contributed by atoms with van der Waals surface area (Å²) in [6.07, 6.45) is 8.45. The number of aryl methyl sites for hydroxylation is 1. The second kappa shape index (κ2) is 13.5. The summed E-state index contributed by atoms with van der Waals surface area (Å²) in [7, 11) is 1.93. The molecule has 42 heavy (non-hydrogen) atoms. The van der Waals surface area contributed by atoms with Crippen LogP contribution in [0.15, 0.2) is 84.3 Å². The average Bonchev–Trinajstić information content (AvgIpc) is 3.65. The van der Waals surface area contributed by atoms with E-state index in [0.29, 0.717) is 11.4 Å². The number of carbonyl (C=O) groups is 1. The molecule has 0 fully saturated rings. The van der Waals surface area contributed by atoms with Crippen LogP contribution in [-0.4, -0.2) is 40.6 Å². The number of nitrogens with one attached hydrogen (secondary N) is 2. The van der Waals surface area contributed by atoms with Gasteiger partial charge in [0.2, 0.25) is 5.43 Å². The van der Waals surface area contributed by atoms with Crippen LogP contribution in [0.2, 0.25) is 0 Å². The van der Waals surface area contributed by atoms with Gasteiger partial charge in [-0.2, -0.15) is 21.4 Å². The Morgan fingerprint density at radius 2 is 1.90 bits per heavy atom. The minimum absolute atomic E-state index is 0. The number of carbonyl (C=O) groups excluding carboxylic acids is 1. The summed E-state index contributed by atoms with van der Waals surface area (Å²) >= 11 is 0. The predicted octanol–water partition coefficient (Wildman–Crippen LogP) is 4.84. The molecule has 10 nitrogen and oxygen atoms in total. The van der Waals surface area contributed by atoms with Crippen LogP contribution in [-0.2, 0) is 7.05 Å². The van der Waals surface area contributed by atoms with Crippen LogP contribution in [0.3, 0.4) is 0 Å². The van der Waals surface area contributed by atoms with Crippen molar-refractivity contribution in [2.75, 3.05) is 5.32 Å². The van der Waals surface area contributed by atoms with E-state index in [-0.39, 0.29) is 48.4 Å². The molecule has 12 heteroatoms. The van der Waals surface area contributed by atoms with Gasteiger partial charge in [-0.15, -0.1) is 23.8 Å². The van der Waals surface area contributed by atoms with Gasteiger partial charge in [-0.1, -0.05) is 29.3 Å². The Kier molecular flexibility index (Phi) is 9.83. The second-order valence-corrected chi connectivity index (χ2v) is 9.34. The van der Waals surface area contributed by atoms with Crippen molar-refractivity contribution >= 4 is 22.6 Å². The molecule has 0 saturated heterocycles. The topological polar surface area (TPSA) is 123 Å². The summed E-state index contributed by atoms with van der Waals surface area (Å²) < 4.78 is 16.6. The summed E-state index contributed by atoms with van der Waals surface area (Å²) in [5, 5.41) is 18.7. The van der Waals surface area contributed by atoms with Crippen LogP contribution >= 0.6 is 0 Å². The first kappa shape index (κ1) is 30.6. The molecule has 0 atom stereocenters. The molecular weight excluding hydrogens is 761 g/mol. The Labute approximate surface area is 264 Å². The molecule has 0 aliphatic rings. The molecule has 4 heterocycles. The number of hydrogen-bond donors (Lipinski definition) is 2. The van der Waals surface area contributed by atoms with Gasteiger partial charge in [-0.25, -0.2) is 16.5 Å². The minimum atomic E-state index is -0.660. The van der Waals surface area contributed by atoms with Gasteiger partial charge in [-0.3, -0.25) is 29.0 Å². The largest absolute Gasteiger partial charge is 2.00 e. The fourth-order valence-corrected chi connectivity index (χ4v) is 3.98. The van der Waals surface area contributed by atoms with Crippen LogP contribution in [0.25, 0.3) is 33.2 Å². The average molecular weight is 787 g/mol. The van der Waals surface area contributed by atoms with Crippen LogP contribution in [0.5, 0.6) is 0 Å². The minimum Gasteiger partial charge on any atom is -0.320 e. The van der Waals surface area contributed by atoms with Gasteiger partial charge in [0, 0.05) is 43.1 Å². The third-order valence-corrected chi connectivity index (χ3v) is 6.18. The standard InChI is InChI=1S/C19H16FN4O2.C11H9N4.U/c1-12(2)24-11-15(13-6-8-14(20)9-7-13)18(25)17(23-24)19(26)22-16-5-3-4-10-21-16;1-15-11-4-8(10-5-12-13-6-10)2-3-9(11)7-14-15;/h3,5-12H,1-2H3,(H,21,22,26);3-7H,1H3,(H,12,13);/q2*-1;+2. The molecule has 208 valence electrons. The number of aromatic amines is 1. The van der Waals surface area contributed by atoms with E-state index in [2.05, 4.69) is 48.9 Å². The Bertz CT molecular complexity index is 1850. The monoisotopic (exact) mass is 786 g/mol. The van der Waals surface area contributed by atoms with Crippen molar-refractivity contribution in [1.29, 1.82) is 0 Å². The van der Waals surface area contributed by atoms with Crippen LogP contribution in [0.4, 0.5) is 10.2 Å². The molecule has 0 bridgehead atoms. The van der Waals surface area contributed by atoms with Crippen molar-refractivity contribution in [3.63, 3.8) is 0 Å². The van der Waals surface area contributed by atoms with E-state index in [9.17, 15) is 14.0 Å². The molecule has 0 unspecified atom stereocenters. The number of halogens is 1. The summed E-state index contributed by atoms with van der Waals surface area (Å²) in [5.74, 6) is -0.776. The first-order valence-electron chi connectivity index (χ1n) is 12.7. The summed E-state index contributed by atoms with van der Waals surface area (Å²) in [4.78, 5) is 29.3. The number of aromatic nitrogens is 7. The molecule has 0 spiro atoms. The molecular formula is C30H25FN8O2U. The van der Waals surface area contributed by atoms with E-state index in [4.69, 9.17) is 0 Å². The van der Waals surface area contributed by atoms with E-state index >= 15 is 0 Å². The van der Waals surface area contributed by atoms with E-state index in [0.717, 1.165) is 22.0 Å². The maximum atomic E-state index is 13.2. The number of H-pyrrole nitrogens is 1. The van der Waals surface area contributed by atoms with Gasteiger partial charge < -0.3 is 5.32 Å². The molecule has 0 aliphatic carbocycles. The molecule has 1 amide bonds. The van der Waals surface area contributed by atoms with Crippen molar-refractivity contribution in [3.8, 4) is 22.3 Å². The van der Waals surface area contributed by atoms with Crippen molar-refractivity contribution in [2.45, 2.75) is 19.9 Å². The molecule has 6 aromatic rings. The Hall–Kier alpha value is -4.40. The van der Waals surface area contributed by atoms with Gasteiger partial charge >= 0.3 is 31.1 Å². The summed E-state index contributed by atoms with van der Waals surface area (Å²) in [6.45, 7) is 3.75. The number of amides is 1. The van der Waals surface area contributed by atoms with Gasteiger partial charge in [0.05, 0.1) is 0 Å². The van der Waals surface area contributed by atoms with E-state index in [1.165, 1.54) is 35.1 Å². The summed E-state index contributed by atoms with van der Waals surface area (Å²) in [5.41, 5.74) is 3.16. The van der Waals surface area contributed by atoms with Crippen LogP contribution in [0, 0.1) is 49.1 Å². The van der Waals surface area contributed by atoms with Crippen molar-refractivity contribution in [2.24, 2.45) is 7.05 Å². The van der Waals surface area contributed by atoms with Crippen LogP contribution in [0.1, 0.15) is 30.4 Å². The number of pyridine rings is 1. The molecule has 0 saturated carbocycles. The quantitative estimate of drug-likeness (QED) is 0.242. The first-order valence-corrected chi connectivity index (χ1v) is 12.7. The molecule has 2 aromatic carbocycles. The third kappa shape index (κ3) is 6.90. The zero-order chi connectivity index (χ0) is 28.9. The fraction of sp³-hybridized carbons (Fsp3) is 0.133. The fourth-order valence-electron chi connectivity index (χ4n) is 3.98. The van der Waals surface area contributed by atoms with Crippen molar-refractivity contribution in [1.82, 2.24) is 34.7 Å². The van der Waals surface area contributed by atoms with Gasteiger partial charge in [0.25, 0.3) is 5.91 Å². The van der Waals surface area contributed by atoms with Gasteiger partial charge in [0.15, 0.2) is 5.69 Å². The zero-order valence-corrected chi connectivity index (χ0v) is 27.1. The van der Waals surface area contributed by atoms with Gasteiger partial charge in [-0.05, 0) is 43.3 Å². The number of hydrogen-bond acceptors (Lipinski definition) is 6. The van der Waals surface area contributed by atoms with Crippen LogP contribution < -0.4 is 10.7 Å². The maximum Gasteiger partial charge on any atom is 2.00 e. The predicted molar refractivity (Wildman–Crippen MR) is 152 cm³/mol. The van der Waals surface area contributed by atoms with E-state index in [1.54, 1.807) is 24.5 Å². The van der Waals surface area contributed by atoms with Gasteiger partial charge in [0.1, 0.15) is 5.82 Å². The van der Waals surface area contributed by atoms with E-state index in [1.807, 2.05) is 44.0 Å². The van der Waals surface area contributed by atoms with Crippen molar-refractivity contribution < 1.29 is 40.3 Å². The van der Waals surface area contributed by atoms with E-state index < -0.39 is 17.2 Å².